The minimum Gasteiger partial charge on any atom is -0.484 e. The molecule has 0 saturated carbocycles. The Labute approximate surface area is 178 Å². The summed E-state index contributed by atoms with van der Waals surface area (Å²) in [5.74, 6) is 0.800. The minimum absolute atomic E-state index is 0.0592. The number of hydrogen-bond donors (Lipinski definition) is 0. The lowest BCUT2D eigenvalue weighted by Crippen LogP contribution is -2.06. The highest BCUT2D eigenvalue weighted by molar-refractivity contribution is 6.63. The summed E-state index contributed by atoms with van der Waals surface area (Å²) < 4.78 is 5.54. The lowest BCUT2D eigenvalue weighted by molar-refractivity contribution is -0.113. The van der Waals surface area contributed by atoms with Crippen molar-refractivity contribution >= 4 is 16.8 Å². The number of unbranched alkanes of at least 4 members (excludes halogenated alkanes) is 13. The molecule has 28 heavy (non-hydrogen) atoms. The van der Waals surface area contributed by atoms with E-state index in [0.29, 0.717) is 0 Å². The van der Waals surface area contributed by atoms with Gasteiger partial charge >= 0.3 is 0 Å². The Hall–Kier alpha value is -1.02. The third kappa shape index (κ3) is 13.2. The molecule has 0 radical (unpaired) electrons. The molecule has 0 unspecified atom stereocenters. The second-order valence-corrected chi connectivity index (χ2v) is 8.52. The molecule has 0 N–H and O–H groups in total. The van der Waals surface area contributed by atoms with Crippen LogP contribution in [0.2, 0.25) is 0 Å². The van der Waals surface area contributed by atoms with Crippen molar-refractivity contribution in [3.8, 4) is 5.75 Å². The van der Waals surface area contributed by atoms with Crippen LogP contribution in [-0.4, -0.2) is 11.8 Å². The van der Waals surface area contributed by atoms with Crippen LogP contribution >= 0.6 is 11.6 Å². The van der Waals surface area contributed by atoms with Gasteiger partial charge in [0.1, 0.15) is 5.75 Å². The number of aryl methyl sites for hydroxylation is 2. The Balaban J connectivity index is 2.02. The zero-order valence-electron chi connectivity index (χ0n) is 18.2. The van der Waals surface area contributed by atoms with Gasteiger partial charge in [0.2, 0.25) is 0 Å². The molecule has 0 aliphatic carbocycles. The summed E-state index contributed by atoms with van der Waals surface area (Å²) in [5, 5.41) is -0.456. The average molecular weight is 409 g/mol. The quantitative estimate of drug-likeness (QED) is 0.181. The summed E-state index contributed by atoms with van der Waals surface area (Å²) in [6, 6.07) is 6.13. The highest BCUT2D eigenvalue weighted by Crippen LogP contribution is 2.23. The normalized spacial score (nSPS) is 11.0. The molecule has 3 heteroatoms. The fraction of sp³-hybridized carbons (Fsp3) is 0.720. The largest absolute Gasteiger partial charge is 0.484 e. The average Bonchev–Trinajstić information content (AvgIpc) is 2.67. The Bertz CT molecular complexity index is 527. The van der Waals surface area contributed by atoms with Crippen molar-refractivity contribution in [2.75, 3.05) is 6.61 Å². The van der Waals surface area contributed by atoms with Crippen molar-refractivity contribution in [2.24, 2.45) is 0 Å². The van der Waals surface area contributed by atoms with Crippen molar-refractivity contribution in [1.29, 1.82) is 0 Å². The first kappa shape index (κ1) is 25.0. The molecule has 0 aliphatic heterocycles. The number of benzene rings is 1. The van der Waals surface area contributed by atoms with Crippen molar-refractivity contribution in [3.63, 3.8) is 0 Å². The summed E-state index contributed by atoms with van der Waals surface area (Å²) in [6.07, 6.45) is 20.2. The molecule has 2 nitrogen and oxygen atoms in total. The molecular weight excluding hydrogens is 368 g/mol. The van der Waals surface area contributed by atoms with Crippen LogP contribution in [0.3, 0.4) is 0 Å². The van der Waals surface area contributed by atoms with Crippen LogP contribution in [-0.2, 0) is 11.2 Å². The van der Waals surface area contributed by atoms with E-state index < -0.39 is 5.24 Å². The van der Waals surface area contributed by atoms with Crippen LogP contribution in [0.1, 0.15) is 108 Å². The fourth-order valence-corrected chi connectivity index (χ4v) is 3.74. The summed E-state index contributed by atoms with van der Waals surface area (Å²) in [7, 11) is 0. The fourth-order valence-electron chi connectivity index (χ4n) is 3.69. The SMILES string of the molecule is CCCCCCCCCCCCCCCCc1cc(C)ccc1OCC(=O)Cl. The monoisotopic (exact) mass is 408 g/mol. The molecule has 0 heterocycles. The number of rotatable bonds is 18. The topological polar surface area (TPSA) is 26.3 Å². The second kappa shape index (κ2) is 16.9. The maximum Gasteiger partial charge on any atom is 0.259 e. The summed E-state index contributed by atoms with van der Waals surface area (Å²) in [5.41, 5.74) is 2.42. The van der Waals surface area contributed by atoms with E-state index in [9.17, 15) is 4.79 Å². The zero-order chi connectivity index (χ0) is 20.5. The summed E-state index contributed by atoms with van der Waals surface area (Å²) in [4.78, 5) is 10.9. The van der Waals surface area contributed by atoms with E-state index in [2.05, 4.69) is 19.9 Å². The molecule has 0 spiro atoms. The molecule has 0 aromatic heterocycles. The molecule has 1 rings (SSSR count). The Morgan fingerprint density at radius 3 is 1.82 bits per heavy atom. The van der Waals surface area contributed by atoms with Gasteiger partial charge in [0, 0.05) is 0 Å². The van der Waals surface area contributed by atoms with Gasteiger partial charge in [-0.3, -0.25) is 4.79 Å². The number of hydrogen-bond acceptors (Lipinski definition) is 2. The van der Waals surface area contributed by atoms with Crippen LogP contribution in [0, 0.1) is 6.92 Å². The van der Waals surface area contributed by atoms with Crippen molar-refractivity contribution in [3.05, 3.63) is 29.3 Å². The van der Waals surface area contributed by atoms with E-state index in [1.54, 1.807) is 0 Å². The first-order valence-electron chi connectivity index (χ1n) is 11.5. The standard InChI is InChI=1S/C25H41ClO2/c1-3-4-5-6-7-8-9-10-11-12-13-14-15-16-17-23-20-22(2)18-19-24(23)28-21-25(26)27/h18-20H,3-17,21H2,1-2H3. The molecule has 1 aromatic rings. The third-order valence-corrected chi connectivity index (χ3v) is 5.47. The third-order valence-electron chi connectivity index (χ3n) is 5.36. The van der Waals surface area contributed by atoms with E-state index in [-0.39, 0.29) is 6.61 Å². The molecule has 0 atom stereocenters. The lowest BCUT2D eigenvalue weighted by atomic mass is 10.0. The van der Waals surface area contributed by atoms with Gasteiger partial charge in [0.05, 0.1) is 0 Å². The molecule has 0 bridgehead atoms. The van der Waals surface area contributed by atoms with Crippen molar-refractivity contribution in [2.45, 2.75) is 110 Å². The number of halogens is 1. The molecule has 1 aromatic carbocycles. The summed E-state index contributed by atoms with van der Waals surface area (Å²) >= 11 is 5.39. The molecule has 0 aliphatic rings. The maximum atomic E-state index is 10.9. The van der Waals surface area contributed by atoms with Crippen LogP contribution in [0.5, 0.6) is 5.75 Å². The zero-order valence-corrected chi connectivity index (χ0v) is 19.0. The first-order valence-corrected chi connectivity index (χ1v) is 11.9. The first-order chi connectivity index (χ1) is 13.6. The number of ether oxygens (including phenoxy) is 1. The number of carbonyl (C=O) groups is 1. The molecule has 0 amide bonds. The van der Waals surface area contributed by atoms with E-state index in [1.807, 2.05) is 12.1 Å². The Kier molecular flexibility index (Phi) is 15.1. The van der Waals surface area contributed by atoms with E-state index in [4.69, 9.17) is 16.3 Å². The van der Waals surface area contributed by atoms with E-state index >= 15 is 0 Å². The van der Waals surface area contributed by atoms with Gasteiger partial charge in [0.25, 0.3) is 5.24 Å². The van der Waals surface area contributed by atoms with E-state index in [0.717, 1.165) is 12.2 Å². The molecule has 0 saturated heterocycles. The van der Waals surface area contributed by atoms with Gasteiger partial charge in [-0.25, -0.2) is 0 Å². The Morgan fingerprint density at radius 2 is 1.32 bits per heavy atom. The van der Waals surface area contributed by atoms with Crippen LogP contribution < -0.4 is 4.74 Å². The lowest BCUT2D eigenvalue weighted by Gasteiger charge is -2.11. The van der Waals surface area contributed by atoms with Crippen LogP contribution in [0.25, 0.3) is 0 Å². The van der Waals surface area contributed by atoms with Gasteiger partial charge in [-0.05, 0) is 43.0 Å². The second-order valence-electron chi connectivity index (χ2n) is 8.10. The predicted molar refractivity (Wildman–Crippen MR) is 122 cm³/mol. The van der Waals surface area contributed by atoms with Gasteiger partial charge < -0.3 is 4.74 Å². The number of carbonyl (C=O) groups excluding carboxylic acids is 1. The smallest absolute Gasteiger partial charge is 0.259 e. The van der Waals surface area contributed by atoms with Gasteiger partial charge in [-0.15, -0.1) is 0 Å². The van der Waals surface area contributed by atoms with Crippen molar-refractivity contribution in [1.82, 2.24) is 0 Å². The molecular formula is C25H41ClO2. The maximum absolute atomic E-state index is 10.9. The van der Waals surface area contributed by atoms with E-state index in [1.165, 1.54) is 101 Å². The van der Waals surface area contributed by atoms with Crippen molar-refractivity contribution < 1.29 is 9.53 Å². The highest BCUT2D eigenvalue weighted by Gasteiger charge is 2.06. The van der Waals surface area contributed by atoms with Gasteiger partial charge in [-0.2, -0.15) is 0 Å². The van der Waals surface area contributed by atoms with Crippen LogP contribution in [0.4, 0.5) is 0 Å². The van der Waals surface area contributed by atoms with Gasteiger partial charge in [-0.1, -0.05) is 108 Å². The van der Waals surface area contributed by atoms with Gasteiger partial charge in [0.15, 0.2) is 6.61 Å². The van der Waals surface area contributed by atoms with Crippen LogP contribution in [0.15, 0.2) is 18.2 Å². The predicted octanol–water partition coefficient (Wildman–Crippen LogP) is 8.16. The highest BCUT2D eigenvalue weighted by atomic mass is 35.5. The minimum atomic E-state index is -0.456. The molecule has 160 valence electrons. The Morgan fingerprint density at radius 1 is 0.821 bits per heavy atom. The summed E-state index contributed by atoms with van der Waals surface area (Å²) in [6.45, 7) is 4.31. The molecule has 0 fully saturated rings.